The van der Waals surface area contributed by atoms with Crippen LogP contribution in [0.4, 0.5) is 0 Å². The van der Waals surface area contributed by atoms with Gasteiger partial charge in [-0.15, -0.1) is 0 Å². The van der Waals surface area contributed by atoms with E-state index in [-0.39, 0.29) is 0 Å². The molecule has 0 spiro atoms. The Kier molecular flexibility index (Phi) is 5.28. The Hall–Kier alpha value is -1.00. The molecular formula is C15H25N3O. The van der Waals surface area contributed by atoms with Crippen LogP contribution in [0, 0.1) is 5.92 Å². The fourth-order valence-electron chi connectivity index (χ4n) is 2.13. The van der Waals surface area contributed by atoms with E-state index in [0.29, 0.717) is 5.92 Å². The molecule has 1 aliphatic rings. The van der Waals surface area contributed by atoms with Crippen molar-refractivity contribution in [1.82, 2.24) is 14.9 Å². The molecule has 106 valence electrons. The maximum atomic E-state index is 5.20. The Balaban J connectivity index is 1.96. The average molecular weight is 263 g/mol. The maximum Gasteiger partial charge on any atom is 0.131 e. The fraction of sp³-hybridized carbons (Fsp3) is 0.733. The number of methoxy groups -OCH3 is 1. The molecule has 1 saturated carbocycles. The first-order valence-corrected chi connectivity index (χ1v) is 7.22. The van der Waals surface area contributed by atoms with Gasteiger partial charge in [0.15, 0.2) is 0 Å². The van der Waals surface area contributed by atoms with Gasteiger partial charge < -0.3 is 4.74 Å². The van der Waals surface area contributed by atoms with Crippen molar-refractivity contribution in [3.8, 4) is 0 Å². The predicted molar refractivity (Wildman–Crippen MR) is 76.0 cm³/mol. The second kappa shape index (κ2) is 6.96. The molecule has 0 atom stereocenters. The zero-order chi connectivity index (χ0) is 13.7. The van der Waals surface area contributed by atoms with Gasteiger partial charge in [0.1, 0.15) is 5.82 Å². The van der Waals surface area contributed by atoms with Crippen LogP contribution in [0.5, 0.6) is 0 Å². The lowest BCUT2D eigenvalue weighted by Gasteiger charge is -2.21. The van der Waals surface area contributed by atoms with Crippen molar-refractivity contribution in [2.75, 3.05) is 26.8 Å². The van der Waals surface area contributed by atoms with Gasteiger partial charge in [0.2, 0.25) is 0 Å². The predicted octanol–water partition coefficient (Wildman–Crippen LogP) is 2.46. The SMILES string of the molecule is COCCN(Cc1ccnc(C(C)C)n1)CC1CC1. The summed E-state index contributed by atoms with van der Waals surface area (Å²) in [5.74, 6) is 2.22. The number of hydrogen-bond acceptors (Lipinski definition) is 4. The summed E-state index contributed by atoms with van der Waals surface area (Å²) in [5.41, 5.74) is 1.12. The van der Waals surface area contributed by atoms with Crippen molar-refractivity contribution in [2.24, 2.45) is 5.92 Å². The molecule has 1 aromatic rings. The van der Waals surface area contributed by atoms with E-state index in [4.69, 9.17) is 4.74 Å². The molecule has 0 radical (unpaired) electrons. The van der Waals surface area contributed by atoms with Gasteiger partial charge in [0.25, 0.3) is 0 Å². The van der Waals surface area contributed by atoms with E-state index >= 15 is 0 Å². The summed E-state index contributed by atoms with van der Waals surface area (Å²) in [6.45, 7) is 8.10. The number of rotatable bonds is 8. The summed E-state index contributed by atoms with van der Waals surface area (Å²) in [7, 11) is 1.76. The Morgan fingerprint density at radius 2 is 2.21 bits per heavy atom. The van der Waals surface area contributed by atoms with E-state index in [1.807, 2.05) is 12.3 Å². The molecule has 0 bridgehead atoms. The molecule has 1 aromatic heterocycles. The normalized spacial score (nSPS) is 15.4. The third-order valence-corrected chi connectivity index (χ3v) is 3.46. The van der Waals surface area contributed by atoms with Crippen LogP contribution in [0.25, 0.3) is 0 Å². The summed E-state index contributed by atoms with van der Waals surface area (Å²) in [6.07, 6.45) is 4.64. The van der Waals surface area contributed by atoms with Crippen LogP contribution in [0.15, 0.2) is 12.3 Å². The summed E-state index contributed by atoms with van der Waals surface area (Å²) in [4.78, 5) is 11.4. The van der Waals surface area contributed by atoms with Crippen LogP contribution >= 0.6 is 0 Å². The second-order valence-electron chi connectivity index (χ2n) is 5.73. The van der Waals surface area contributed by atoms with E-state index in [2.05, 4.69) is 28.7 Å². The van der Waals surface area contributed by atoms with Crippen molar-refractivity contribution >= 4 is 0 Å². The summed E-state index contributed by atoms with van der Waals surface area (Å²) >= 11 is 0. The van der Waals surface area contributed by atoms with Gasteiger partial charge in [-0.25, -0.2) is 9.97 Å². The molecule has 0 saturated heterocycles. The quantitative estimate of drug-likeness (QED) is 0.722. The molecule has 1 fully saturated rings. The molecule has 1 heterocycles. The minimum atomic E-state index is 0.385. The van der Waals surface area contributed by atoms with Gasteiger partial charge in [-0.2, -0.15) is 0 Å². The molecule has 4 heteroatoms. The Morgan fingerprint density at radius 3 is 2.84 bits per heavy atom. The largest absolute Gasteiger partial charge is 0.383 e. The summed E-state index contributed by atoms with van der Waals surface area (Å²) in [6, 6.07) is 2.03. The van der Waals surface area contributed by atoms with Gasteiger partial charge in [-0.3, -0.25) is 4.90 Å². The van der Waals surface area contributed by atoms with Crippen LogP contribution in [0.2, 0.25) is 0 Å². The summed E-state index contributed by atoms with van der Waals surface area (Å²) < 4.78 is 5.20. The van der Waals surface area contributed by atoms with E-state index in [0.717, 1.165) is 37.1 Å². The minimum Gasteiger partial charge on any atom is -0.383 e. The lowest BCUT2D eigenvalue weighted by molar-refractivity contribution is 0.140. The monoisotopic (exact) mass is 263 g/mol. The third-order valence-electron chi connectivity index (χ3n) is 3.46. The van der Waals surface area contributed by atoms with Crippen molar-refractivity contribution in [3.63, 3.8) is 0 Å². The number of aromatic nitrogens is 2. The van der Waals surface area contributed by atoms with E-state index in [9.17, 15) is 0 Å². The van der Waals surface area contributed by atoms with Gasteiger partial charge in [0, 0.05) is 38.9 Å². The molecule has 0 N–H and O–H groups in total. The van der Waals surface area contributed by atoms with Crippen molar-refractivity contribution < 1.29 is 4.74 Å². The van der Waals surface area contributed by atoms with Crippen LogP contribution in [0.1, 0.15) is 44.1 Å². The zero-order valence-corrected chi connectivity index (χ0v) is 12.3. The highest BCUT2D eigenvalue weighted by Gasteiger charge is 2.24. The molecule has 0 amide bonds. The topological polar surface area (TPSA) is 38.2 Å². The van der Waals surface area contributed by atoms with Crippen LogP contribution in [0.3, 0.4) is 0 Å². The van der Waals surface area contributed by atoms with Gasteiger partial charge >= 0.3 is 0 Å². The molecule has 19 heavy (non-hydrogen) atoms. The molecular weight excluding hydrogens is 238 g/mol. The van der Waals surface area contributed by atoms with E-state index in [1.54, 1.807) is 7.11 Å². The highest BCUT2D eigenvalue weighted by atomic mass is 16.5. The molecule has 0 aromatic carbocycles. The van der Waals surface area contributed by atoms with Gasteiger partial charge in [-0.05, 0) is 24.8 Å². The lowest BCUT2D eigenvalue weighted by atomic mass is 10.2. The van der Waals surface area contributed by atoms with Crippen LogP contribution < -0.4 is 0 Å². The number of ether oxygens (including phenoxy) is 1. The molecule has 0 aliphatic heterocycles. The Bertz CT molecular complexity index is 391. The number of nitrogens with zero attached hydrogens (tertiary/aromatic N) is 3. The zero-order valence-electron chi connectivity index (χ0n) is 12.3. The number of hydrogen-bond donors (Lipinski definition) is 0. The van der Waals surface area contributed by atoms with Crippen molar-refractivity contribution in [3.05, 3.63) is 23.8 Å². The highest BCUT2D eigenvalue weighted by molar-refractivity contribution is 5.04. The van der Waals surface area contributed by atoms with Crippen molar-refractivity contribution in [2.45, 2.75) is 39.2 Å². The molecule has 2 rings (SSSR count). The standard InChI is InChI=1S/C15H25N3O/c1-12(2)15-16-7-6-14(17-15)11-18(8-9-19-3)10-13-4-5-13/h6-7,12-13H,4-5,8-11H2,1-3H3. The van der Waals surface area contributed by atoms with Gasteiger partial charge in [-0.1, -0.05) is 13.8 Å². The third kappa shape index (κ3) is 4.88. The minimum absolute atomic E-state index is 0.385. The van der Waals surface area contributed by atoms with Gasteiger partial charge in [0.05, 0.1) is 12.3 Å². The average Bonchev–Trinajstić information content (AvgIpc) is 3.20. The van der Waals surface area contributed by atoms with E-state index in [1.165, 1.54) is 19.4 Å². The Morgan fingerprint density at radius 1 is 1.42 bits per heavy atom. The second-order valence-corrected chi connectivity index (χ2v) is 5.73. The van der Waals surface area contributed by atoms with E-state index < -0.39 is 0 Å². The smallest absolute Gasteiger partial charge is 0.131 e. The lowest BCUT2D eigenvalue weighted by Crippen LogP contribution is -2.29. The first kappa shape index (κ1) is 14.4. The van der Waals surface area contributed by atoms with Crippen LogP contribution in [-0.4, -0.2) is 41.7 Å². The molecule has 0 unspecified atom stereocenters. The summed E-state index contributed by atoms with van der Waals surface area (Å²) in [5, 5.41) is 0. The first-order valence-electron chi connectivity index (χ1n) is 7.22. The Labute approximate surface area is 116 Å². The maximum absolute atomic E-state index is 5.20. The molecule has 4 nitrogen and oxygen atoms in total. The highest BCUT2D eigenvalue weighted by Crippen LogP contribution is 2.30. The van der Waals surface area contributed by atoms with Crippen molar-refractivity contribution in [1.29, 1.82) is 0 Å². The van der Waals surface area contributed by atoms with Crippen LogP contribution in [-0.2, 0) is 11.3 Å². The fourth-order valence-corrected chi connectivity index (χ4v) is 2.13. The first-order chi connectivity index (χ1) is 9.19. The molecule has 1 aliphatic carbocycles.